The first-order valence-corrected chi connectivity index (χ1v) is 7.09. The second-order valence-corrected chi connectivity index (χ2v) is 5.31. The number of nitrogens with two attached hydrogens (primary N) is 1. The van der Waals surface area contributed by atoms with E-state index >= 15 is 0 Å². The number of methoxy groups -OCH3 is 1. The maximum absolute atomic E-state index is 11.8. The molecule has 0 amide bonds. The highest BCUT2D eigenvalue weighted by Crippen LogP contribution is 2.36. The summed E-state index contributed by atoms with van der Waals surface area (Å²) >= 11 is 1.16. The van der Waals surface area contributed by atoms with E-state index in [0.717, 1.165) is 11.3 Å². The number of anilines is 2. The molecule has 0 aromatic carbocycles. The molecule has 21 heavy (non-hydrogen) atoms. The van der Waals surface area contributed by atoms with Crippen LogP contribution < -0.4 is 11.1 Å². The van der Waals surface area contributed by atoms with Gasteiger partial charge in [0.1, 0.15) is 10.6 Å². The van der Waals surface area contributed by atoms with Gasteiger partial charge >= 0.3 is 5.97 Å². The van der Waals surface area contributed by atoms with E-state index in [0.29, 0.717) is 23.0 Å². The molecule has 112 valence electrons. The Hall–Kier alpha value is -2.35. The molecule has 0 aliphatic rings. The number of carbonyl (C=O) groups is 2. The van der Waals surface area contributed by atoms with E-state index in [1.165, 1.54) is 14.0 Å². The molecule has 2 rings (SSSR count). The van der Waals surface area contributed by atoms with Crippen molar-refractivity contribution in [3.63, 3.8) is 0 Å². The molecule has 2 aromatic heterocycles. The molecule has 0 saturated carbocycles. The number of aromatic nitrogens is 2. The fourth-order valence-electron chi connectivity index (χ4n) is 1.85. The number of hydrogen-bond donors (Lipinski definition) is 2. The summed E-state index contributed by atoms with van der Waals surface area (Å²) in [5, 5.41) is 7.73. The molecule has 8 heteroatoms. The third-order valence-electron chi connectivity index (χ3n) is 2.84. The monoisotopic (exact) mass is 308 g/mol. The van der Waals surface area contributed by atoms with Gasteiger partial charge in [-0.3, -0.25) is 9.48 Å². The molecule has 0 fully saturated rings. The predicted molar refractivity (Wildman–Crippen MR) is 80.8 cm³/mol. The van der Waals surface area contributed by atoms with Crippen molar-refractivity contribution >= 4 is 33.8 Å². The van der Waals surface area contributed by atoms with Crippen LogP contribution in [-0.4, -0.2) is 35.2 Å². The van der Waals surface area contributed by atoms with E-state index in [1.54, 1.807) is 10.9 Å². The van der Waals surface area contributed by atoms with Gasteiger partial charge in [-0.15, -0.1) is 11.3 Å². The third-order valence-corrected chi connectivity index (χ3v) is 4.10. The predicted octanol–water partition coefficient (Wildman–Crippen LogP) is 1.63. The van der Waals surface area contributed by atoms with E-state index in [2.05, 4.69) is 10.4 Å². The number of rotatable bonds is 6. The molecule has 2 aromatic rings. The van der Waals surface area contributed by atoms with Crippen molar-refractivity contribution in [2.24, 2.45) is 0 Å². The lowest BCUT2D eigenvalue weighted by atomic mass is 10.2. The highest BCUT2D eigenvalue weighted by Gasteiger charge is 2.24. The molecule has 0 saturated heterocycles. The number of nitrogens with one attached hydrogen (secondary N) is 1. The number of thiophene rings is 1. The molecule has 0 aliphatic carbocycles. The summed E-state index contributed by atoms with van der Waals surface area (Å²) in [6, 6.07) is 1.83. The Balaban J connectivity index is 2.18. The summed E-state index contributed by atoms with van der Waals surface area (Å²) < 4.78 is 6.48. The second-order valence-electron chi connectivity index (χ2n) is 4.29. The van der Waals surface area contributed by atoms with Crippen LogP contribution in [0.5, 0.6) is 0 Å². The third kappa shape index (κ3) is 3.22. The Morgan fingerprint density at radius 2 is 2.29 bits per heavy atom. The summed E-state index contributed by atoms with van der Waals surface area (Å²) in [5.41, 5.74) is 6.26. The van der Waals surface area contributed by atoms with Crippen LogP contribution in [-0.2, 0) is 11.3 Å². The van der Waals surface area contributed by atoms with Crippen molar-refractivity contribution in [3.05, 3.63) is 28.9 Å². The molecule has 0 radical (unpaired) electrons. The van der Waals surface area contributed by atoms with Crippen LogP contribution in [0.4, 0.5) is 10.7 Å². The fraction of sp³-hybridized carbons (Fsp3) is 0.308. The number of nitrogen functional groups attached to an aromatic ring is 1. The Morgan fingerprint density at radius 3 is 2.86 bits per heavy atom. The Bertz CT molecular complexity index is 649. The molecule has 0 aliphatic heterocycles. The summed E-state index contributed by atoms with van der Waals surface area (Å²) in [7, 11) is 1.28. The number of Topliss-reactive ketones (excluding diaryl/α,β-unsaturated/α-hetero) is 1. The maximum Gasteiger partial charge on any atom is 0.343 e. The first kappa shape index (κ1) is 15.0. The van der Waals surface area contributed by atoms with Crippen molar-refractivity contribution in [1.29, 1.82) is 0 Å². The minimum atomic E-state index is -0.558. The van der Waals surface area contributed by atoms with Gasteiger partial charge in [-0.05, 0) is 6.07 Å². The van der Waals surface area contributed by atoms with Gasteiger partial charge in [-0.25, -0.2) is 4.79 Å². The molecule has 0 spiro atoms. The zero-order chi connectivity index (χ0) is 15.4. The van der Waals surface area contributed by atoms with Crippen molar-refractivity contribution in [2.45, 2.75) is 13.5 Å². The molecular formula is C13H16N4O3S. The zero-order valence-corrected chi connectivity index (χ0v) is 12.6. The average Bonchev–Trinajstić information content (AvgIpc) is 3.06. The Morgan fingerprint density at radius 1 is 1.52 bits per heavy atom. The van der Waals surface area contributed by atoms with Gasteiger partial charge in [-0.2, -0.15) is 5.10 Å². The van der Waals surface area contributed by atoms with Crippen molar-refractivity contribution < 1.29 is 14.3 Å². The van der Waals surface area contributed by atoms with Crippen molar-refractivity contribution in [1.82, 2.24) is 9.78 Å². The molecule has 7 nitrogen and oxygen atoms in total. The number of nitrogens with zero attached hydrogens (tertiary/aromatic N) is 2. The van der Waals surface area contributed by atoms with Crippen molar-refractivity contribution in [2.75, 3.05) is 24.7 Å². The number of ether oxygens (including phenoxy) is 1. The number of esters is 1. The van der Waals surface area contributed by atoms with Crippen LogP contribution in [0.2, 0.25) is 0 Å². The Labute approximate surface area is 125 Å². The first-order valence-electron chi connectivity index (χ1n) is 6.27. The lowest BCUT2D eigenvalue weighted by Gasteiger charge is -2.07. The second kappa shape index (κ2) is 6.40. The van der Waals surface area contributed by atoms with Crippen LogP contribution in [0.25, 0.3) is 0 Å². The molecule has 0 atom stereocenters. The molecule has 3 N–H and O–H groups in total. The van der Waals surface area contributed by atoms with Gasteiger partial charge in [0, 0.05) is 25.9 Å². The van der Waals surface area contributed by atoms with Gasteiger partial charge in [0.2, 0.25) is 0 Å². The largest absolute Gasteiger partial charge is 0.465 e. The standard InChI is InChI=1S/C13H16N4O3S/c1-8(18)11-10(14)9(13(19)20-2)12(21-11)15-5-7-17-6-3-4-16-17/h3-4,6,15H,5,7,14H2,1-2H3. The number of ketones is 1. The summed E-state index contributed by atoms with van der Waals surface area (Å²) in [6.07, 6.45) is 3.53. The molecule has 0 bridgehead atoms. The fourth-order valence-corrected chi connectivity index (χ4v) is 2.88. The van der Waals surface area contributed by atoms with E-state index in [-0.39, 0.29) is 17.0 Å². The molecular weight excluding hydrogens is 292 g/mol. The van der Waals surface area contributed by atoms with Crippen LogP contribution in [0, 0.1) is 0 Å². The normalized spacial score (nSPS) is 10.4. The lowest BCUT2D eigenvalue weighted by molar-refractivity contribution is 0.0603. The average molecular weight is 308 g/mol. The van der Waals surface area contributed by atoms with Crippen LogP contribution >= 0.6 is 11.3 Å². The minimum absolute atomic E-state index is 0.168. The Kier molecular flexibility index (Phi) is 4.59. The SMILES string of the molecule is COC(=O)c1c(NCCn2cccn2)sc(C(C)=O)c1N. The molecule has 0 unspecified atom stereocenters. The minimum Gasteiger partial charge on any atom is -0.465 e. The van der Waals surface area contributed by atoms with E-state index in [4.69, 9.17) is 10.5 Å². The summed E-state index contributed by atoms with van der Waals surface area (Å²) in [4.78, 5) is 23.7. The van der Waals surface area contributed by atoms with E-state index in [1.807, 2.05) is 12.3 Å². The van der Waals surface area contributed by atoms with Gasteiger partial charge in [-0.1, -0.05) is 0 Å². The smallest absolute Gasteiger partial charge is 0.343 e. The van der Waals surface area contributed by atoms with Gasteiger partial charge in [0.25, 0.3) is 0 Å². The van der Waals surface area contributed by atoms with Crippen molar-refractivity contribution in [3.8, 4) is 0 Å². The summed E-state index contributed by atoms with van der Waals surface area (Å²) in [6.45, 7) is 2.58. The molecule has 2 heterocycles. The van der Waals surface area contributed by atoms with Gasteiger partial charge < -0.3 is 15.8 Å². The van der Waals surface area contributed by atoms with Crippen LogP contribution in [0.3, 0.4) is 0 Å². The van der Waals surface area contributed by atoms with Gasteiger partial charge in [0.05, 0.1) is 24.2 Å². The quantitative estimate of drug-likeness (QED) is 0.621. The highest BCUT2D eigenvalue weighted by atomic mass is 32.1. The topological polar surface area (TPSA) is 99.2 Å². The van der Waals surface area contributed by atoms with Crippen LogP contribution in [0.15, 0.2) is 18.5 Å². The van der Waals surface area contributed by atoms with Gasteiger partial charge in [0.15, 0.2) is 5.78 Å². The maximum atomic E-state index is 11.8. The lowest BCUT2D eigenvalue weighted by Crippen LogP contribution is -2.13. The summed E-state index contributed by atoms with van der Waals surface area (Å²) in [5.74, 6) is -0.736. The number of carbonyl (C=O) groups excluding carboxylic acids is 2. The number of hydrogen-bond acceptors (Lipinski definition) is 7. The highest BCUT2D eigenvalue weighted by molar-refractivity contribution is 7.19. The zero-order valence-electron chi connectivity index (χ0n) is 11.8. The van der Waals surface area contributed by atoms with Crippen LogP contribution in [0.1, 0.15) is 27.0 Å². The van der Waals surface area contributed by atoms with E-state index < -0.39 is 5.97 Å². The first-order chi connectivity index (χ1) is 10.0. The van der Waals surface area contributed by atoms with E-state index in [9.17, 15) is 9.59 Å².